The Balaban J connectivity index is 3.92. The first kappa shape index (κ1) is 14.4. The van der Waals surface area contributed by atoms with Crippen molar-refractivity contribution in [1.29, 1.82) is 0 Å². The van der Waals surface area contributed by atoms with E-state index < -0.39 is 27.8 Å². The Morgan fingerprint density at radius 1 is 1.12 bits per heavy atom. The van der Waals surface area contributed by atoms with Gasteiger partial charge >= 0.3 is 22.1 Å². The first-order valence-corrected chi connectivity index (χ1v) is 5.87. The molecule has 90 valence electrons. The van der Waals surface area contributed by atoms with Crippen LogP contribution in [-0.4, -0.2) is 32.7 Å². The molecule has 6 nitrogen and oxygen atoms in total. The van der Waals surface area contributed by atoms with Crippen LogP contribution in [0.25, 0.3) is 0 Å². The van der Waals surface area contributed by atoms with Crippen LogP contribution >= 0.6 is 0 Å². The zero-order valence-corrected chi connectivity index (χ0v) is 9.36. The van der Waals surface area contributed by atoms with Gasteiger partial charge in [0, 0.05) is 12.2 Å². The summed E-state index contributed by atoms with van der Waals surface area (Å²) in [5.74, 6) is -2.10. The molecule has 0 amide bonds. The molecule has 0 atom stereocenters. The molecule has 0 fully saturated rings. The summed E-state index contributed by atoms with van der Waals surface area (Å²) < 4.78 is 30.7. The normalized spacial score (nSPS) is 10.2. The van der Waals surface area contributed by atoms with E-state index in [0.717, 1.165) is 12.2 Å². The van der Waals surface area contributed by atoms with Crippen molar-refractivity contribution in [2.45, 2.75) is 6.42 Å². The SMILES string of the molecule is C=CC(=O)OCCCS(=O)(=O)OC(=O)C=C. The molecule has 0 aromatic rings. The van der Waals surface area contributed by atoms with Gasteiger partial charge in [-0.15, -0.1) is 0 Å². The van der Waals surface area contributed by atoms with Crippen LogP contribution in [0.15, 0.2) is 25.3 Å². The van der Waals surface area contributed by atoms with Crippen molar-refractivity contribution < 1.29 is 26.9 Å². The van der Waals surface area contributed by atoms with Crippen molar-refractivity contribution >= 4 is 22.1 Å². The van der Waals surface area contributed by atoms with Crippen LogP contribution in [-0.2, 0) is 28.6 Å². The molecule has 7 heteroatoms. The minimum Gasteiger partial charge on any atom is -0.463 e. The van der Waals surface area contributed by atoms with Crippen LogP contribution in [0.2, 0.25) is 0 Å². The van der Waals surface area contributed by atoms with Crippen LogP contribution in [0, 0.1) is 0 Å². The van der Waals surface area contributed by atoms with Gasteiger partial charge in [0.2, 0.25) is 0 Å². The van der Waals surface area contributed by atoms with Gasteiger partial charge in [0.15, 0.2) is 0 Å². The van der Waals surface area contributed by atoms with Gasteiger partial charge in [-0.3, -0.25) is 0 Å². The quantitative estimate of drug-likeness (QED) is 0.276. The van der Waals surface area contributed by atoms with Crippen LogP contribution in [0.4, 0.5) is 0 Å². The highest BCUT2D eigenvalue weighted by atomic mass is 32.2. The van der Waals surface area contributed by atoms with Gasteiger partial charge in [-0.2, -0.15) is 8.42 Å². The monoisotopic (exact) mass is 248 g/mol. The van der Waals surface area contributed by atoms with E-state index in [2.05, 4.69) is 22.1 Å². The van der Waals surface area contributed by atoms with Gasteiger partial charge in [0.05, 0.1) is 12.4 Å². The maximum atomic E-state index is 11.1. The topological polar surface area (TPSA) is 86.7 Å². The molecule has 0 aromatic carbocycles. The second-order valence-electron chi connectivity index (χ2n) is 2.59. The largest absolute Gasteiger partial charge is 0.463 e. The molecule has 0 unspecified atom stereocenters. The van der Waals surface area contributed by atoms with Crippen molar-refractivity contribution in [2.24, 2.45) is 0 Å². The highest BCUT2D eigenvalue weighted by Gasteiger charge is 2.14. The van der Waals surface area contributed by atoms with Crippen molar-refractivity contribution in [2.75, 3.05) is 12.4 Å². The summed E-state index contributed by atoms with van der Waals surface area (Å²) in [6, 6.07) is 0. The van der Waals surface area contributed by atoms with Crippen molar-refractivity contribution in [3.8, 4) is 0 Å². The third-order valence-electron chi connectivity index (χ3n) is 1.33. The zero-order chi connectivity index (χ0) is 12.6. The number of carbonyl (C=O) groups excluding carboxylic acids is 2. The van der Waals surface area contributed by atoms with Gasteiger partial charge in [-0.05, 0) is 6.42 Å². The van der Waals surface area contributed by atoms with E-state index in [9.17, 15) is 18.0 Å². The minimum absolute atomic E-state index is 0.0341. The Labute approximate surface area is 93.7 Å². The molecule has 0 radical (unpaired) electrons. The molecule has 0 aliphatic heterocycles. The second kappa shape index (κ2) is 6.78. The van der Waals surface area contributed by atoms with Crippen LogP contribution < -0.4 is 0 Å². The fourth-order valence-electron chi connectivity index (χ4n) is 0.668. The second-order valence-corrected chi connectivity index (χ2v) is 4.28. The first-order chi connectivity index (χ1) is 7.41. The number of ether oxygens (including phenoxy) is 1. The molecule has 0 rings (SSSR count). The van der Waals surface area contributed by atoms with E-state index in [0.29, 0.717) is 0 Å². The molecule has 0 saturated carbocycles. The Bertz CT molecular complexity index is 381. The van der Waals surface area contributed by atoms with E-state index in [4.69, 9.17) is 0 Å². The zero-order valence-electron chi connectivity index (χ0n) is 8.55. The molecule has 0 bridgehead atoms. The van der Waals surface area contributed by atoms with Crippen molar-refractivity contribution in [3.63, 3.8) is 0 Å². The molecular weight excluding hydrogens is 236 g/mol. The summed E-state index contributed by atoms with van der Waals surface area (Å²) in [4.78, 5) is 21.2. The molecule has 0 spiro atoms. The highest BCUT2D eigenvalue weighted by Crippen LogP contribution is 1.98. The van der Waals surface area contributed by atoms with E-state index in [1.54, 1.807) is 0 Å². The molecular formula is C9H12O6S. The molecule has 0 aromatic heterocycles. The average Bonchev–Trinajstić information content (AvgIpc) is 2.23. The van der Waals surface area contributed by atoms with Crippen LogP contribution in [0.1, 0.15) is 6.42 Å². The van der Waals surface area contributed by atoms with Gasteiger partial charge in [-0.25, -0.2) is 9.59 Å². The highest BCUT2D eigenvalue weighted by molar-refractivity contribution is 7.87. The predicted octanol–water partition coefficient (Wildman–Crippen LogP) is 0.165. The summed E-state index contributed by atoms with van der Waals surface area (Å²) in [5.41, 5.74) is 0. The van der Waals surface area contributed by atoms with Gasteiger partial charge < -0.3 is 8.92 Å². The molecule has 0 aliphatic rings. The van der Waals surface area contributed by atoms with E-state index >= 15 is 0 Å². The summed E-state index contributed by atoms with van der Waals surface area (Å²) in [6.45, 7) is 6.13. The lowest BCUT2D eigenvalue weighted by atomic mass is 10.5. The Kier molecular flexibility index (Phi) is 6.09. The van der Waals surface area contributed by atoms with E-state index in [1.165, 1.54) is 0 Å². The smallest absolute Gasteiger partial charge is 0.345 e. The maximum Gasteiger partial charge on any atom is 0.345 e. The molecule has 0 saturated heterocycles. The lowest BCUT2D eigenvalue weighted by Crippen LogP contribution is -2.16. The minimum atomic E-state index is -3.94. The maximum absolute atomic E-state index is 11.1. The number of esters is 1. The molecule has 0 N–H and O–H groups in total. The summed E-state index contributed by atoms with van der Waals surface area (Å²) in [7, 11) is -3.94. The molecule has 16 heavy (non-hydrogen) atoms. The fourth-order valence-corrected chi connectivity index (χ4v) is 1.54. The number of carbonyl (C=O) groups is 2. The van der Waals surface area contributed by atoms with Crippen molar-refractivity contribution in [1.82, 2.24) is 0 Å². The standard InChI is InChI=1S/C9H12O6S/c1-3-8(10)14-6-5-7-16(12,13)15-9(11)4-2/h3-4H,1-2,5-7H2. The predicted molar refractivity (Wildman–Crippen MR) is 55.8 cm³/mol. The third kappa shape index (κ3) is 6.77. The summed E-state index contributed by atoms with van der Waals surface area (Å²) in [5, 5.41) is 0. The Hall–Kier alpha value is -1.63. The lowest BCUT2D eigenvalue weighted by molar-refractivity contribution is -0.137. The van der Waals surface area contributed by atoms with E-state index in [1.807, 2.05) is 0 Å². The van der Waals surface area contributed by atoms with Gasteiger partial charge in [-0.1, -0.05) is 13.2 Å². The van der Waals surface area contributed by atoms with Crippen LogP contribution in [0.3, 0.4) is 0 Å². The summed E-state index contributed by atoms with van der Waals surface area (Å²) in [6.07, 6.45) is 1.74. The third-order valence-corrected chi connectivity index (χ3v) is 2.53. The average molecular weight is 248 g/mol. The number of hydrogen-bond donors (Lipinski definition) is 0. The summed E-state index contributed by atoms with van der Waals surface area (Å²) >= 11 is 0. The van der Waals surface area contributed by atoms with Crippen molar-refractivity contribution in [3.05, 3.63) is 25.3 Å². The Morgan fingerprint density at radius 2 is 1.69 bits per heavy atom. The van der Waals surface area contributed by atoms with Gasteiger partial charge in [0.25, 0.3) is 0 Å². The number of hydrogen-bond acceptors (Lipinski definition) is 6. The first-order valence-electron chi connectivity index (χ1n) is 4.29. The lowest BCUT2D eigenvalue weighted by Gasteiger charge is -2.03. The van der Waals surface area contributed by atoms with E-state index in [-0.39, 0.29) is 13.0 Å². The number of rotatable bonds is 7. The van der Waals surface area contributed by atoms with Crippen LogP contribution in [0.5, 0.6) is 0 Å². The molecule has 0 aliphatic carbocycles. The molecule has 0 heterocycles. The Morgan fingerprint density at radius 3 is 2.19 bits per heavy atom. The fraction of sp³-hybridized carbons (Fsp3) is 0.333. The van der Waals surface area contributed by atoms with Gasteiger partial charge in [0.1, 0.15) is 0 Å².